The molecule has 0 bridgehead atoms. The Morgan fingerprint density at radius 3 is 2.79 bits per heavy atom. The molecule has 148 valence electrons. The first-order valence-electron chi connectivity index (χ1n) is 10.7. The quantitative estimate of drug-likeness (QED) is 0.746. The van der Waals surface area contributed by atoms with Crippen molar-refractivity contribution < 1.29 is 4.55 Å². The van der Waals surface area contributed by atoms with Crippen molar-refractivity contribution in [1.82, 2.24) is 19.7 Å². The van der Waals surface area contributed by atoms with Crippen molar-refractivity contribution in [3.63, 3.8) is 0 Å². The van der Waals surface area contributed by atoms with E-state index in [2.05, 4.69) is 33.6 Å². The summed E-state index contributed by atoms with van der Waals surface area (Å²) in [4.78, 5) is 6.99. The number of hydrogen-bond donors (Lipinski definition) is 0. The van der Waals surface area contributed by atoms with Crippen LogP contribution in [0.15, 0.2) is 30.6 Å². The van der Waals surface area contributed by atoms with E-state index in [4.69, 9.17) is 5.10 Å². The van der Waals surface area contributed by atoms with Gasteiger partial charge in [-0.25, -0.2) is 0 Å². The Balaban J connectivity index is 1.14. The molecule has 2 aliphatic heterocycles. The summed E-state index contributed by atoms with van der Waals surface area (Å²) < 4.78 is 13.8. The highest BCUT2D eigenvalue weighted by Crippen LogP contribution is 2.64. The zero-order valence-corrected chi connectivity index (χ0v) is 17.3. The summed E-state index contributed by atoms with van der Waals surface area (Å²) >= 11 is -0.525. The van der Waals surface area contributed by atoms with Crippen molar-refractivity contribution in [2.45, 2.75) is 44.7 Å². The molecule has 6 heteroatoms. The van der Waals surface area contributed by atoms with Crippen molar-refractivity contribution in [1.29, 1.82) is 0 Å². The third-order valence-electron chi connectivity index (χ3n) is 7.75. The molecule has 2 aliphatic carbocycles. The average molecular weight is 397 g/mol. The van der Waals surface area contributed by atoms with E-state index >= 15 is 0 Å². The molecule has 0 aromatic carbocycles. The van der Waals surface area contributed by atoms with Crippen molar-refractivity contribution in [2.24, 2.45) is 17.3 Å². The van der Waals surface area contributed by atoms with Crippen LogP contribution in [0, 0.1) is 17.3 Å². The Morgan fingerprint density at radius 2 is 2.11 bits per heavy atom. The van der Waals surface area contributed by atoms with Gasteiger partial charge in [0.1, 0.15) is 11.5 Å². The van der Waals surface area contributed by atoms with E-state index in [0.717, 1.165) is 47.2 Å². The number of pyridine rings is 1. The first-order chi connectivity index (χ1) is 13.7. The van der Waals surface area contributed by atoms with E-state index in [1.165, 1.54) is 38.0 Å². The Morgan fingerprint density at radius 1 is 1.29 bits per heavy atom. The smallest absolute Gasteiger partial charge is 0.117 e. The van der Waals surface area contributed by atoms with Crippen molar-refractivity contribution in [3.05, 3.63) is 36.3 Å². The Hall–Kier alpha value is -1.37. The van der Waals surface area contributed by atoms with E-state index in [1.807, 2.05) is 18.5 Å². The number of likely N-dealkylation sites (tertiary alicyclic amines) is 1. The molecule has 0 amide bonds. The first-order valence-corrected chi connectivity index (χ1v) is 12.2. The molecule has 28 heavy (non-hydrogen) atoms. The second kappa shape index (κ2) is 6.31. The molecule has 0 N–H and O–H groups in total. The SMILES string of the molecule is CCn1nc(-c2cccnc2)cc1C1C2CC(N3CCC4(C3)C[S+]([O-])C4)CC21. The lowest BCUT2D eigenvalue weighted by Gasteiger charge is -2.39. The van der Waals surface area contributed by atoms with Crippen molar-refractivity contribution in [3.8, 4) is 11.3 Å². The van der Waals surface area contributed by atoms with Crippen LogP contribution in [-0.2, 0) is 17.7 Å². The molecule has 2 unspecified atom stereocenters. The van der Waals surface area contributed by atoms with Gasteiger partial charge in [-0.15, -0.1) is 0 Å². The van der Waals surface area contributed by atoms with Crippen LogP contribution in [0.25, 0.3) is 11.3 Å². The van der Waals surface area contributed by atoms with E-state index in [0.29, 0.717) is 11.3 Å². The predicted octanol–water partition coefficient (Wildman–Crippen LogP) is 2.91. The molecule has 0 radical (unpaired) electrons. The molecule has 6 rings (SSSR count). The lowest BCUT2D eigenvalue weighted by molar-refractivity contribution is 0.201. The molecule has 2 aromatic heterocycles. The monoisotopic (exact) mass is 396 g/mol. The van der Waals surface area contributed by atoms with E-state index in [1.54, 1.807) is 0 Å². The summed E-state index contributed by atoms with van der Waals surface area (Å²) in [6.07, 6.45) is 7.67. The van der Waals surface area contributed by atoms with Crippen LogP contribution < -0.4 is 0 Å². The van der Waals surface area contributed by atoms with Crippen LogP contribution in [0.1, 0.15) is 37.8 Å². The van der Waals surface area contributed by atoms with Gasteiger partial charge in [-0.2, -0.15) is 5.10 Å². The van der Waals surface area contributed by atoms with Crippen molar-refractivity contribution >= 4 is 11.2 Å². The molecule has 2 saturated carbocycles. The number of aryl methyl sites for hydroxylation is 1. The standard InChI is InChI=1S/C22H28N4OS/c1-2-26-20(10-19(24-26)15-4-3-6-23-11-15)21-17-8-16(9-18(17)21)25-7-5-22(12-25)13-28(27)14-22/h3-4,6,10-11,16-18,21H,2,5,7-9,12-14H2,1H3. The fourth-order valence-electron chi connectivity index (χ4n) is 6.32. The largest absolute Gasteiger partial charge is 0.616 e. The van der Waals surface area contributed by atoms with Crippen LogP contribution in [0.2, 0.25) is 0 Å². The molecule has 4 heterocycles. The second-order valence-electron chi connectivity index (χ2n) is 9.44. The summed E-state index contributed by atoms with van der Waals surface area (Å²) in [5, 5.41) is 4.87. The molecule has 1 spiro atoms. The summed E-state index contributed by atoms with van der Waals surface area (Å²) in [5.74, 6) is 4.28. The fourth-order valence-corrected chi connectivity index (χ4v) is 8.07. The Kier molecular flexibility index (Phi) is 3.94. The second-order valence-corrected chi connectivity index (χ2v) is 10.9. The molecule has 4 aliphatic rings. The lowest BCUT2D eigenvalue weighted by Crippen LogP contribution is -2.50. The van der Waals surface area contributed by atoms with Crippen LogP contribution >= 0.6 is 0 Å². The van der Waals surface area contributed by atoms with Gasteiger partial charge in [0.25, 0.3) is 0 Å². The van der Waals surface area contributed by atoms with Gasteiger partial charge in [0.05, 0.1) is 11.1 Å². The molecular formula is C22H28N4OS. The third-order valence-corrected chi connectivity index (χ3v) is 9.62. The molecule has 5 nitrogen and oxygen atoms in total. The van der Waals surface area contributed by atoms with Gasteiger partial charge in [0, 0.05) is 48.7 Å². The van der Waals surface area contributed by atoms with E-state index in [-0.39, 0.29) is 0 Å². The number of fused-ring (bicyclic) bond motifs is 1. The number of nitrogens with zero attached hydrogens (tertiary/aromatic N) is 4. The summed E-state index contributed by atoms with van der Waals surface area (Å²) in [7, 11) is 0. The molecule has 2 atom stereocenters. The van der Waals surface area contributed by atoms with E-state index in [9.17, 15) is 4.55 Å². The minimum absolute atomic E-state index is 0.413. The number of rotatable bonds is 4. The van der Waals surface area contributed by atoms with Gasteiger partial charge in [0.2, 0.25) is 0 Å². The third kappa shape index (κ3) is 2.68. The number of hydrogen-bond acceptors (Lipinski definition) is 4. The van der Waals surface area contributed by atoms with Gasteiger partial charge in [0.15, 0.2) is 0 Å². The predicted molar refractivity (Wildman–Crippen MR) is 110 cm³/mol. The maximum Gasteiger partial charge on any atom is 0.117 e. The van der Waals surface area contributed by atoms with E-state index < -0.39 is 11.2 Å². The minimum atomic E-state index is -0.525. The van der Waals surface area contributed by atoms with Crippen LogP contribution in [0.3, 0.4) is 0 Å². The summed E-state index contributed by atoms with van der Waals surface area (Å²) in [6.45, 7) is 5.55. The highest BCUT2D eigenvalue weighted by atomic mass is 32.2. The zero-order valence-electron chi connectivity index (χ0n) is 16.5. The highest BCUT2D eigenvalue weighted by Gasteiger charge is 2.61. The lowest BCUT2D eigenvalue weighted by atomic mass is 9.91. The van der Waals surface area contributed by atoms with Gasteiger partial charge in [-0.1, -0.05) is 11.2 Å². The Labute approximate surface area is 169 Å². The normalized spacial score (nSPS) is 39.3. The maximum atomic E-state index is 11.6. The molecular weight excluding hydrogens is 368 g/mol. The van der Waals surface area contributed by atoms with Crippen LogP contribution in [0.4, 0.5) is 0 Å². The first kappa shape index (κ1) is 17.5. The van der Waals surface area contributed by atoms with Gasteiger partial charge in [-0.05, 0) is 62.8 Å². The molecule has 2 aromatic rings. The average Bonchev–Trinajstić information content (AvgIpc) is 3.15. The van der Waals surface area contributed by atoms with Crippen molar-refractivity contribution in [2.75, 3.05) is 24.6 Å². The zero-order chi connectivity index (χ0) is 18.9. The topological polar surface area (TPSA) is 57.0 Å². The fraction of sp³-hybridized carbons (Fsp3) is 0.636. The maximum absolute atomic E-state index is 11.6. The summed E-state index contributed by atoms with van der Waals surface area (Å²) in [6, 6.07) is 7.15. The van der Waals surface area contributed by atoms with Crippen LogP contribution in [0.5, 0.6) is 0 Å². The van der Waals surface area contributed by atoms with Gasteiger partial charge >= 0.3 is 0 Å². The number of aromatic nitrogens is 3. The van der Waals surface area contributed by atoms with Gasteiger partial charge < -0.3 is 4.55 Å². The Bertz CT molecular complexity index is 866. The van der Waals surface area contributed by atoms with Gasteiger partial charge in [-0.3, -0.25) is 14.6 Å². The van der Waals surface area contributed by atoms with Crippen LogP contribution in [-0.4, -0.2) is 54.9 Å². The molecule has 4 fully saturated rings. The molecule has 2 saturated heterocycles. The highest BCUT2D eigenvalue weighted by molar-refractivity contribution is 7.92. The summed E-state index contributed by atoms with van der Waals surface area (Å²) in [5.41, 5.74) is 4.02. The minimum Gasteiger partial charge on any atom is -0.616 e.